The summed E-state index contributed by atoms with van der Waals surface area (Å²) < 4.78 is 1.26. The van der Waals surface area contributed by atoms with Crippen molar-refractivity contribution >= 4 is 34.2 Å². The fraction of sp³-hybridized carbons (Fsp3) is 0.333. The Morgan fingerprint density at radius 2 is 1.86 bits per heavy atom. The first-order valence-electron chi connectivity index (χ1n) is 7.25. The Morgan fingerprint density at radius 1 is 1.10 bits per heavy atom. The third-order valence-corrected chi connectivity index (χ3v) is 5.01. The van der Waals surface area contributed by atoms with E-state index in [9.17, 15) is 0 Å². The normalized spacial score (nSPS) is 12.4. The highest BCUT2D eigenvalue weighted by Crippen LogP contribution is 2.27. The maximum atomic E-state index is 6.18. The molecule has 1 atom stereocenters. The zero-order chi connectivity index (χ0) is 15.4. The fourth-order valence-corrected chi connectivity index (χ4v) is 3.38. The van der Waals surface area contributed by atoms with Gasteiger partial charge in [0.25, 0.3) is 0 Å². The van der Waals surface area contributed by atoms with E-state index < -0.39 is 0 Å². The van der Waals surface area contributed by atoms with Crippen molar-refractivity contribution in [3.63, 3.8) is 0 Å². The second kappa shape index (κ2) is 7.61. The molecule has 1 unspecified atom stereocenters. The lowest BCUT2D eigenvalue weighted by atomic mass is 9.96. The Hall–Kier alpha value is -0.580. The maximum absolute atomic E-state index is 6.18. The van der Waals surface area contributed by atoms with Crippen LogP contribution < -0.4 is 5.32 Å². The van der Waals surface area contributed by atoms with E-state index in [0.717, 1.165) is 18.0 Å². The largest absolute Gasteiger partial charge is 0.310 e. The van der Waals surface area contributed by atoms with Crippen molar-refractivity contribution in [3.05, 3.63) is 67.2 Å². The van der Waals surface area contributed by atoms with Crippen molar-refractivity contribution in [2.24, 2.45) is 0 Å². The summed E-state index contributed by atoms with van der Waals surface area (Å²) in [4.78, 5) is 0. The van der Waals surface area contributed by atoms with Crippen LogP contribution in [0.25, 0.3) is 0 Å². The second-order valence-electron chi connectivity index (χ2n) is 5.40. The molecular weight excluding hydrogens is 393 g/mol. The summed E-state index contributed by atoms with van der Waals surface area (Å²) in [5.74, 6) is 0. The van der Waals surface area contributed by atoms with Crippen molar-refractivity contribution in [1.82, 2.24) is 5.32 Å². The molecule has 1 N–H and O–H groups in total. The van der Waals surface area contributed by atoms with Gasteiger partial charge in [-0.15, -0.1) is 0 Å². The molecule has 3 heteroatoms. The lowest BCUT2D eigenvalue weighted by molar-refractivity contribution is 0.547. The number of nitrogens with one attached hydrogen (secondary N) is 1. The van der Waals surface area contributed by atoms with E-state index in [4.69, 9.17) is 11.6 Å². The predicted octanol–water partition coefficient (Wildman–Crippen LogP) is 5.45. The van der Waals surface area contributed by atoms with Gasteiger partial charge in [0.2, 0.25) is 0 Å². The number of hydrogen-bond donors (Lipinski definition) is 1. The number of hydrogen-bond acceptors (Lipinski definition) is 1. The van der Waals surface area contributed by atoms with Gasteiger partial charge in [0, 0.05) is 14.6 Å². The van der Waals surface area contributed by atoms with Crippen LogP contribution in [0.4, 0.5) is 0 Å². The van der Waals surface area contributed by atoms with Crippen LogP contribution in [-0.4, -0.2) is 6.54 Å². The quantitative estimate of drug-likeness (QED) is 0.642. The summed E-state index contributed by atoms with van der Waals surface area (Å²) in [5, 5.41) is 4.39. The van der Waals surface area contributed by atoms with Gasteiger partial charge in [-0.2, -0.15) is 0 Å². The van der Waals surface area contributed by atoms with E-state index in [1.807, 2.05) is 6.07 Å². The summed E-state index contributed by atoms with van der Waals surface area (Å²) in [6.07, 6.45) is 0.977. The van der Waals surface area contributed by atoms with E-state index in [1.54, 1.807) is 0 Å². The Morgan fingerprint density at radius 3 is 2.52 bits per heavy atom. The number of halogens is 2. The van der Waals surface area contributed by atoms with Gasteiger partial charge in [0.1, 0.15) is 0 Å². The molecule has 2 aromatic rings. The first-order chi connectivity index (χ1) is 10.0. The highest BCUT2D eigenvalue weighted by Gasteiger charge is 2.15. The van der Waals surface area contributed by atoms with Crippen LogP contribution in [0, 0.1) is 17.4 Å². The molecule has 0 fully saturated rings. The van der Waals surface area contributed by atoms with Crippen LogP contribution in [0.3, 0.4) is 0 Å². The molecule has 0 heterocycles. The molecule has 0 aliphatic carbocycles. The molecule has 21 heavy (non-hydrogen) atoms. The van der Waals surface area contributed by atoms with Crippen LogP contribution in [0.5, 0.6) is 0 Å². The highest BCUT2D eigenvalue weighted by molar-refractivity contribution is 14.1. The molecule has 0 radical (unpaired) electrons. The van der Waals surface area contributed by atoms with Crippen molar-refractivity contribution in [2.45, 2.75) is 33.2 Å². The molecule has 0 aliphatic rings. The molecule has 0 aliphatic heterocycles. The molecule has 0 bridgehead atoms. The minimum absolute atomic E-state index is 0.294. The average molecular weight is 414 g/mol. The lowest BCUT2D eigenvalue weighted by Gasteiger charge is -2.21. The van der Waals surface area contributed by atoms with Gasteiger partial charge in [0.05, 0.1) is 0 Å². The topological polar surface area (TPSA) is 12.0 Å². The fourth-order valence-electron chi connectivity index (χ4n) is 2.49. The van der Waals surface area contributed by atoms with Crippen molar-refractivity contribution in [1.29, 1.82) is 0 Å². The van der Waals surface area contributed by atoms with Gasteiger partial charge in [0.15, 0.2) is 0 Å². The van der Waals surface area contributed by atoms with E-state index >= 15 is 0 Å². The molecule has 0 saturated carbocycles. The van der Waals surface area contributed by atoms with Crippen molar-refractivity contribution in [2.75, 3.05) is 6.54 Å². The Bertz CT molecular complexity index is 625. The van der Waals surface area contributed by atoms with Gasteiger partial charge >= 0.3 is 0 Å². The molecule has 2 aromatic carbocycles. The first-order valence-corrected chi connectivity index (χ1v) is 8.71. The number of likely N-dealkylation sites (N-methyl/N-ethyl adjacent to an activating group) is 1. The van der Waals surface area contributed by atoms with Crippen LogP contribution in [0.1, 0.15) is 35.2 Å². The smallest absolute Gasteiger partial charge is 0.0410 e. The molecule has 0 amide bonds. The maximum Gasteiger partial charge on any atom is 0.0410 e. The summed E-state index contributed by atoms with van der Waals surface area (Å²) in [6, 6.07) is 13.1. The Kier molecular flexibility index (Phi) is 6.08. The number of aryl methyl sites for hydroxylation is 2. The molecular formula is C18H21ClIN. The van der Waals surface area contributed by atoms with Crippen molar-refractivity contribution < 1.29 is 0 Å². The Balaban J connectivity index is 2.30. The molecule has 0 aromatic heterocycles. The summed E-state index contributed by atoms with van der Waals surface area (Å²) in [6.45, 7) is 7.41. The van der Waals surface area contributed by atoms with E-state index in [1.165, 1.54) is 25.8 Å². The average Bonchev–Trinajstić information content (AvgIpc) is 2.45. The van der Waals surface area contributed by atoms with Crippen LogP contribution in [0.2, 0.25) is 5.02 Å². The summed E-state index contributed by atoms with van der Waals surface area (Å²) in [5.41, 5.74) is 5.34. The third kappa shape index (κ3) is 4.44. The number of rotatable bonds is 5. The zero-order valence-electron chi connectivity index (χ0n) is 12.7. The number of benzene rings is 2. The highest BCUT2D eigenvalue weighted by atomic mass is 127. The summed E-state index contributed by atoms with van der Waals surface area (Å²) >= 11 is 8.57. The monoisotopic (exact) mass is 413 g/mol. The SMILES string of the molecule is CCNC(Cc1ccc(C)c(C)c1)c1cc(Cl)ccc1I. The molecule has 112 valence electrons. The van der Waals surface area contributed by atoms with Gasteiger partial charge in [-0.3, -0.25) is 0 Å². The third-order valence-electron chi connectivity index (χ3n) is 3.80. The molecule has 2 rings (SSSR count). The van der Waals surface area contributed by atoms with Crippen LogP contribution >= 0.6 is 34.2 Å². The Labute approximate surface area is 146 Å². The predicted molar refractivity (Wildman–Crippen MR) is 100 cm³/mol. The molecule has 0 spiro atoms. The van der Waals surface area contributed by atoms with E-state index in [0.29, 0.717) is 6.04 Å². The van der Waals surface area contributed by atoms with Crippen molar-refractivity contribution in [3.8, 4) is 0 Å². The van der Waals surface area contributed by atoms with Gasteiger partial charge < -0.3 is 5.32 Å². The second-order valence-corrected chi connectivity index (χ2v) is 7.00. The minimum atomic E-state index is 0.294. The zero-order valence-corrected chi connectivity index (χ0v) is 15.6. The van der Waals surface area contributed by atoms with E-state index in [-0.39, 0.29) is 0 Å². The van der Waals surface area contributed by atoms with Gasteiger partial charge in [-0.25, -0.2) is 0 Å². The van der Waals surface area contributed by atoms with Gasteiger partial charge in [-0.05, 0) is 89.9 Å². The molecule has 1 nitrogen and oxygen atoms in total. The minimum Gasteiger partial charge on any atom is -0.310 e. The summed E-state index contributed by atoms with van der Waals surface area (Å²) in [7, 11) is 0. The standard InChI is InChI=1S/C18H21ClIN/c1-4-21-18(16-11-15(19)7-8-17(16)20)10-14-6-5-12(2)13(3)9-14/h5-9,11,18,21H,4,10H2,1-3H3. The first kappa shape index (κ1) is 16.8. The molecule has 0 saturated heterocycles. The van der Waals surface area contributed by atoms with E-state index in [2.05, 4.69) is 79.0 Å². The lowest BCUT2D eigenvalue weighted by Crippen LogP contribution is -2.23. The van der Waals surface area contributed by atoms with Crippen LogP contribution in [0.15, 0.2) is 36.4 Å². The van der Waals surface area contributed by atoms with Gasteiger partial charge in [-0.1, -0.05) is 36.7 Å². The van der Waals surface area contributed by atoms with Crippen LogP contribution in [-0.2, 0) is 6.42 Å².